The maximum atomic E-state index is 14.6. The van der Waals surface area contributed by atoms with E-state index in [1.807, 2.05) is 27.7 Å². The molecule has 2 fully saturated rings. The number of allylic oxidation sites excluding steroid dienone is 4. The molecule has 0 radical (unpaired) electrons. The highest BCUT2D eigenvalue weighted by Crippen LogP contribution is 2.42. The number of nitrogens with zero attached hydrogens (tertiary/aromatic N) is 4. The first-order chi connectivity index (χ1) is 29.8. The fraction of sp³-hybridized carbons (Fsp3) is 0.660. The minimum absolute atomic E-state index is 0.0926. The highest BCUT2D eigenvalue weighted by Gasteiger charge is 2.25. The van der Waals surface area contributed by atoms with Gasteiger partial charge in [-0.1, -0.05) is 23.3 Å². The van der Waals surface area contributed by atoms with E-state index in [1.165, 1.54) is 25.7 Å². The van der Waals surface area contributed by atoms with Crippen molar-refractivity contribution in [3.63, 3.8) is 0 Å². The molecule has 1 aromatic heterocycles. The number of benzene rings is 2. The van der Waals surface area contributed by atoms with E-state index < -0.39 is 0 Å². The van der Waals surface area contributed by atoms with E-state index >= 15 is 0 Å². The van der Waals surface area contributed by atoms with Gasteiger partial charge in [-0.3, -0.25) is 4.79 Å². The van der Waals surface area contributed by atoms with Crippen LogP contribution < -0.4 is 30.3 Å². The van der Waals surface area contributed by atoms with Crippen molar-refractivity contribution in [1.29, 1.82) is 0 Å². The highest BCUT2D eigenvalue weighted by atomic mass is 16.5. The zero-order valence-electron chi connectivity index (χ0n) is 39.8. The van der Waals surface area contributed by atoms with Gasteiger partial charge in [-0.25, -0.2) is 0 Å². The maximum absolute atomic E-state index is 14.6. The van der Waals surface area contributed by atoms with Crippen molar-refractivity contribution < 1.29 is 23.7 Å². The molecule has 3 N–H and O–H groups in total. The number of hydrogen-bond donors (Lipinski definition) is 3. The molecule has 0 atom stereocenters. The third-order valence-corrected chi connectivity index (χ3v) is 12.4. The number of fused-ring (bicyclic) bond motifs is 2. The first kappa shape index (κ1) is 49.4. The van der Waals surface area contributed by atoms with Gasteiger partial charge >= 0.3 is 0 Å². The average Bonchev–Trinajstić information content (AvgIpc) is 3.22. The molecule has 2 aliphatic heterocycles. The molecular weight excluding hydrogens is 781 g/mol. The second-order valence-electron chi connectivity index (χ2n) is 18.6. The van der Waals surface area contributed by atoms with Crippen LogP contribution >= 0.6 is 0 Å². The van der Waals surface area contributed by atoms with Crippen LogP contribution in [0.2, 0.25) is 0 Å². The van der Waals surface area contributed by atoms with Gasteiger partial charge in [-0.15, -0.1) is 0 Å². The van der Waals surface area contributed by atoms with E-state index in [0.717, 1.165) is 102 Å². The van der Waals surface area contributed by atoms with Crippen molar-refractivity contribution in [3.05, 3.63) is 56.8 Å². The topological polar surface area (TPSA) is 115 Å². The van der Waals surface area contributed by atoms with Crippen LogP contribution in [0.25, 0.3) is 21.9 Å². The van der Waals surface area contributed by atoms with Gasteiger partial charge < -0.3 is 54.0 Å². The molecule has 346 valence electrons. The summed E-state index contributed by atoms with van der Waals surface area (Å²) in [6.07, 6.45) is 13.6. The first-order valence-corrected chi connectivity index (χ1v) is 23.4. The van der Waals surface area contributed by atoms with E-state index in [0.29, 0.717) is 83.1 Å². The molecule has 2 saturated heterocycles. The van der Waals surface area contributed by atoms with Crippen LogP contribution in [0.1, 0.15) is 90.2 Å². The third-order valence-electron chi connectivity index (χ3n) is 12.4. The lowest BCUT2D eigenvalue weighted by Crippen LogP contribution is -2.44. The Hall–Kier alpha value is -3.65. The van der Waals surface area contributed by atoms with Gasteiger partial charge in [0.05, 0.1) is 25.7 Å². The first-order valence-electron chi connectivity index (χ1n) is 23.4. The SMILES string of the molecule is COc1c(OCCCCN2CCC(NCCN(C)C)CC2)cc2oc3cc(OCCCCN4CCC(NCCN(C)C)CC4)c(CC=C(C)C)c(O)c3c(=O)c2c1CC=C(C)C. The summed E-state index contributed by atoms with van der Waals surface area (Å²) in [6.45, 7) is 19.9. The summed E-state index contributed by atoms with van der Waals surface area (Å²) in [7, 11) is 10.1. The quantitative estimate of drug-likeness (QED) is 0.0454. The van der Waals surface area contributed by atoms with Crippen LogP contribution in [0.3, 0.4) is 0 Å². The van der Waals surface area contributed by atoms with Crippen LogP contribution in [-0.2, 0) is 12.8 Å². The van der Waals surface area contributed by atoms with Crippen LogP contribution in [0.5, 0.6) is 23.0 Å². The van der Waals surface area contributed by atoms with Gasteiger partial charge in [-0.2, -0.15) is 0 Å². The number of likely N-dealkylation sites (tertiary alicyclic amines) is 2. The van der Waals surface area contributed by atoms with E-state index in [-0.39, 0.29) is 16.6 Å². The van der Waals surface area contributed by atoms with Crippen molar-refractivity contribution >= 4 is 21.9 Å². The van der Waals surface area contributed by atoms with Crippen LogP contribution in [-0.4, -0.2) is 151 Å². The van der Waals surface area contributed by atoms with Gasteiger partial charge in [0.25, 0.3) is 0 Å². The fourth-order valence-corrected chi connectivity index (χ4v) is 8.61. The van der Waals surface area contributed by atoms with Gasteiger partial charge in [0.15, 0.2) is 11.5 Å². The molecule has 62 heavy (non-hydrogen) atoms. The van der Waals surface area contributed by atoms with E-state index in [1.54, 1.807) is 19.2 Å². The Balaban J connectivity index is 1.29. The monoisotopic (exact) mass is 861 g/mol. The Morgan fingerprint density at radius 3 is 1.68 bits per heavy atom. The largest absolute Gasteiger partial charge is 0.507 e. The Morgan fingerprint density at radius 2 is 1.19 bits per heavy atom. The summed E-state index contributed by atoms with van der Waals surface area (Å²) in [5, 5.41) is 19.9. The molecule has 0 bridgehead atoms. The van der Waals surface area contributed by atoms with Gasteiger partial charge in [-0.05, 0) is 159 Å². The number of ether oxygens (including phenoxy) is 3. The molecule has 12 nitrogen and oxygen atoms in total. The van der Waals surface area contributed by atoms with Crippen LogP contribution in [0, 0.1) is 0 Å². The normalized spacial score (nSPS) is 15.9. The summed E-state index contributed by atoms with van der Waals surface area (Å²) in [5.74, 6) is 1.52. The lowest BCUT2D eigenvalue weighted by Gasteiger charge is -2.32. The number of hydrogen-bond acceptors (Lipinski definition) is 12. The van der Waals surface area contributed by atoms with Gasteiger partial charge in [0.2, 0.25) is 5.43 Å². The fourth-order valence-electron chi connectivity index (χ4n) is 8.61. The molecule has 0 aliphatic carbocycles. The summed E-state index contributed by atoms with van der Waals surface area (Å²) in [6, 6.07) is 4.79. The summed E-state index contributed by atoms with van der Waals surface area (Å²) in [4.78, 5) is 24.2. The molecule has 2 aromatic carbocycles. The molecule has 0 saturated carbocycles. The number of methoxy groups -OCH3 is 1. The molecule has 0 amide bonds. The molecule has 0 unspecified atom stereocenters. The number of phenolic OH excluding ortho intramolecular Hbond substituents is 1. The molecule has 3 aromatic rings. The summed E-state index contributed by atoms with van der Waals surface area (Å²) in [5.41, 5.74) is 3.91. The van der Waals surface area contributed by atoms with E-state index in [9.17, 15) is 9.90 Å². The van der Waals surface area contributed by atoms with Crippen molar-refractivity contribution in [3.8, 4) is 23.0 Å². The van der Waals surface area contributed by atoms with E-state index in [2.05, 4.69) is 70.6 Å². The zero-order valence-corrected chi connectivity index (χ0v) is 39.8. The lowest BCUT2D eigenvalue weighted by molar-refractivity contribution is 0.188. The van der Waals surface area contributed by atoms with Crippen LogP contribution in [0.4, 0.5) is 0 Å². The van der Waals surface area contributed by atoms with Crippen molar-refractivity contribution in [2.45, 2.75) is 104 Å². The van der Waals surface area contributed by atoms with Crippen LogP contribution in [0.15, 0.2) is 44.6 Å². The predicted molar refractivity (Wildman–Crippen MR) is 256 cm³/mol. The Kier molecular flexibility index (Phi) is 19.9. The third kappa shape index (κ3) is 14.7. The Labute approximate surface area is 372 Å². The minimum atomic E-state index is -0.293. The van der Waals surface area contributed by atoms with E-state index in [4.69, 9.17) is 18.6 Å². The number of aromatic hydroxyl groups is 1. The molecule has 3 heterocycles. The maximum Gasteiger partial charge on any atom is 0.204 e. The smallest absolute Gasteiger partial charge is 0.204 e. The number of likely N-dealkylation sites (N-methyl/N-ethyl adjacent to an activating group) is 2. The highest BCUT2D eigenvalue weighted by molar-refractivity contribution is 5.98. The molecule has 0 spiro atoms. The predicted octanol–water partition coefficient (Wildman–Crippen LogP) is 7.23. The Morgan fingerprint density at radius 1 is 0.726 bits per heavy atom. The lowest BCUT2D eigenvalue weighted by atomic mass is 9.98. The standard InChI is InChI=1S/C50H80N6O6/c1-36(2)14-16-40-42(60-32-12-10-24-55-26-18-38(19-27-55)51-22-30-53(5)6)34-44-47(48(40)57)49(58)46-41(17-15-37(3)4)50(59-9)45(35-43(46)62-44)61-33-13-11-25-56-28-20-39(21-29-56)52-23-31-54(7)8/h14-15,34-35,38-39,51-52,57H,10-13,16-33H2,1-9H3. The van der Waals surface area contributed by atoms with Crippen molar-refractivity contribution in [1.82, 2.24) is 30.2 Å². The second kappa shape index (κ2) is 25.0. The number of piperidine rings is 2. The number of phenols is 1. The molecule has 12 heteroatoms. The summed E-state index contributed by atoms with van der Waals surface area (Å²) < 4.78 is 25.5. The molecule has 5 rings (SSSR count). The number of unbranched alkanes of at least 4 members (excludes halogenated alkanes) is 2. The molecule has 2 aliphatic rings. The Bertz CT molecular complexity index is 1970. The average molecular weight is 861 g/mol. The molecular formula is C50H80N6O6. The summed E-state index contributed by atoms with van der Waals surface area (Å²) >= 11 is 0. The second-order valence-corrected chi connectivity index (χ2v) is 18.6. The van der Waals surface area contributed by atoms with Gasteiger partial charge in [0.1, 0.15) is 28.1 Å². The number of nitrogens with one attached hydrogen (secondary N) is 2. The zero-order chi connectivity index (χ0) is 44.6. The van der Waals surface area contributed by atoms with Crippen molar-refractivity contribution in [2.24, 2.45) is 0 Å². The van der Waals surface area contributed by atoms with Crippen molar-refractivity contribution in [2.75, 3.05) is 114 Å². The minimum Gasteiger partial charge on any atom is -0.507 e. The number of rotatable bonds is 25. The van der Waals surface area contributed by atoms with Gasteiger partial charge in [0, 0.05) is 61.5 Å².